The van der Waals surface area contributed by atoms with Gasteiger partial charge in [0.2, 0.25) is 0 Å². The molecule has 0 saturated heterocycles. The molecule has 0 atom stereocenters. The Morgan fingerprint density at radius 1 is 1.50 bits per heavy atom. The summed E-state index contributed by atoms with van der Waals surface area (Å²) in [5.41, 5.74) is 2.06. The van der Waals surface area contributed by atoms with E-state index in [1.807, 2.05) is 25.1 Å². The summed E-state index contributed by atoms with van der Waals surface area (Å²) < 4.78 is 0.929. The monoisotopic (exact) mass is 297 g/mol. The molecule has 0 aliphatic heterocycles. The van der Waals surface area contributed by atoms with Crippen LogP contribution in [0.25, 0.3) is 10.6 Å². The Bertz CT molecular complexity index is 551. The summed E-state index contributed by atoms with van der Waals surface area (Å²) in [7, 11) is 0. The van der Waals surface area contributed by atoms with Gasteiger partial charge in [-0.3, -0.25) is 0 Å². The number of carbonyl (C=O) groups is 1. The molecular weight excluding hydrogens is 290 g/mol. The molecule has 0 amide bonds. The van der Waals surface area contributed by atoms with Crippen LogP contribution in [0.15, 0.2) is 28.9 Å². The summed E-state index contributed by atoms with van der Waals surface area (Å²) in [6, 6.07) is 5.89. The van der Waals surface area contributed by atoms with Gasteiger partial charge in [0, 0.05) is 10.0 Å². The standard InChI is InChI=1S/C11H8BrNO2S/c1-6-2-3-7(8(12)4-6)10-13-5-9(16-10)11(14)15/h2-5H,1H3,(H,14,15). The summed E-state index contributed by atoms with van der Waals surface area (Å²) in [4.78, 5) is 15.1. The molecule has 0 aliphatic rings. The van der Waals surface area contributed by atoms with E-state index in [0.29, 0.717) is 5.01 Å². The Hall–Kier alpha value is -1.20. The summed E-state index contributed by atoms with van der Waals surface area (Å²) in [6.07, 6.45) is 1.38. The first-order chi connectivity index (χ1) is 7.58. The van der Waals surface area contributed by atoms with Crippen LogP contribution in [0, 0.1) is 6.92 Å². The maximum absolute atomic E-state index is 10.7. The molecule has 1 aromatic carbocycles. The Balaban J connectivity index is 2.46. The number of benzene rings is 1. The highest BCUT2D eigenvalue weighted by atomic mass is 79.9. The summed E-state index contributed by atoms with van der Waals surface area (Å²) in [5.74, 6) is -0.938. The number of aryl methyl sites for hydroxylation is 1. The molecule has 2 aromatic rings. The second kappa shape index (κ2) is 4.35. The number of carboxylic acids is 1. The topological polar surface area (TPSA) is 50.2 Å². The molecule has 1 heterocycles. The van der Waals surface area contributed by atoms with Crippen LogP contribution in [0.3, 0.4) is 0 Å². The average Bonchev–Trinajstić information content (AvgIpc) is 2.66. The van der Waals surface area contributed by atoms with Gasteiger partial charge in [0.05, 0.1) is 6.20 Å². The van der Waals surface area contributed by atoms with Gasteiger partial charge in [0.1, 0.15) is 9.88 Å². The van der Waals surface area contributed by atoms with Crippen molar-refractivity contribution < 1.29 is 9.90 Å². The molecule has 1 aromatic heterocycles. The highest BCUT2D eigenvalue weighted by Gasteiger charge is 2.11. The summed E-state index contributed by atoms with van der Waals surface area (Å²) in [6.45, 7) is 2.00. The van der Waals surface area contributed by atoms with Gasteiger partial charge < -0.3 is 5.11 Å². The van der Waals surface area contributed by atoms with E-state index in [9.17, 15) is 4.79 Å². The summed E-state index contributed by atoms with van der Waals surface area (Å²) >= 11 is 4.62. The predicted molar refractivity (Wildman–Crippen MR) is 66.9 cm³/mol. The van der Waals surface area contributed by atoms with Crippen molar-refractivity contribution >= 4 is 33.2 Å². The first-order valence-corrected chi connectivity index (χ1v) is 6.14. The van der Waals surface area contributed by atoms with Crippen molar-refractivity contribution in [1.82, 2.24) is 4.98 Å². The minimum absolute atomic E-state index is 0.252. The first kappa shape index (κ1) is 11.3. The molecular formula is C11H8BrNO2S. The lowest BCUT2D eigenvalue weighted by Crippen LogP contribution is -1.89. The Labute approximate surface area is 105 Å². The molecule has 0 saturated carbocycles. The smallest absolute Gasteiger partial charge is 0.347 e. The quantitative estimate of drug-likeness (QED) is 0.922. The van der Waals surface area contributed by atoms with Gasteiger partial charge in [-0.1, -0.05) is 28.1 Å². The number of aromatic nitrogens is 1. The molecule has 5 heteroatoms. The van der Waals surface area contributed by atoms with Crippen molar-refractivity contribution in [2.24, 2.45) is 0 Å². The van der Waals surface area contributed by atoms with E-state index in [1.54, 1.807) is 0 Å². The van der Waals surface area contributed by atoms with E-state index in [0.717, 1.165) is 15.6 Å². The molecule has 0 fully saturated rings. The Morgan fingerprint density at radius 2 is 2.25 bits per heavy atom. The number of nitrogens with zero attached hydrogens (tertiary/aromatic N) is 1. The lowest BCUT2D eigenvalue weighted by Gasteiger charge is -2.01. The van der Waals surface area contributed by atoms with Crippen LogP contribution in [0.2, 0.25) is 0 Å². The molecule has 2 rings (SSSR count). The molecule has 0 bridgehead atoms. The number of hydrogen-bond acceptors (Lipinski definition) is 3. The van der Waals surface area contributed by atoms with Crippen molar-refractivity contribution in [1.29, 1.82) is 0 Å². The maximum Gasteiger partial charge on any atom is 0.347 e. The van der Waals surface area contributed by atoms with Crippen LogP contribution in [0.4, 0.5) is 0 Å². The highest BCUT2D eigenvalue weighted by Crippen LogP contribution is 2.31. The van der Waals surface area contributed by atoms with Crippen LogP contribution in [-0.2, 0) is 0 Å². The van der Waals surface area contributed by atoms with Gasteiger partial charge in [-0.2, -0.15) is 0 Å². The number of thiazole rings is 1. The van der Waals surface area contributed by atoms with E-state index in [2.05, 4.69) is 20.9 Å². The molecule has 16 heavy (non-hydrogen) atoms. The van der Waals surface area contributed by atoms with Crippen LogP contribution >= 0.6 is 27.3 Å². The van der Waals surface area contributed by atoms with E-state index in [1.165, 1.54) is 17.5 Å². The first-order valence-electron chi connectivity index (χ1n) is 4.53. The molecule has 82 valence electrons. The highest BCUT2D eigenvalue weighted by molar-refractivity contribution is 9.10. The zero-order valence-corrected chi connectivity index (χ0v) is 10.8. The van der Waals surface area contributed by atoms with Gasteiger partial charge >= 0.3 is 5.97 Å². The van der Waals surface area contributed by atoms with Crippen molar-refractivity contribution in [2.45, 2.75) is 6.92 Å². The largest absolute Gasteiger partial charge is 0.477 e. The fourth-order valence-electron chi connectivity index (χ4n) is 1.29. The van der Waals surface area contributed by atoms with Crippen LogP contribution in [-0.4, -0.2) is 16.1 Å². The number of halogens is 1. The third kappa shape index (κ3) is 2.15. The van der Waals surface area contributed by atoms with E-state index in [4.69, 9.17) is 5.11 Å². The van der Waals surface area contributed by atoms with Crippen molar-refractivity contribution in [3.63, 3.8) is 0 Å². The van der Waals surface area contributed by atoms with Gasteiger partial charge in [-0.05, 0) is 18.6 Å². The second-order valence-corrected chi connectivity index (χ2v) is 5.20. The van der Waals surface area contributed by atoms with Gasteiger partial charge in [0.15, 0.2) is 0 Å². The Morgan fingerprint density at radius 3 is 2.81 bits per heavy atom. The fraction of sp³-hybridized carbons (Fsp3) is 0.0909. The third-order valence-corrected chi connectivity index (χ3v) is 3.75. The van der Waals surface area contributed by atoms with Gasteiger partial charge in [-0.25, -0.2) is 9.78 Å². The molecule has 0 unspecified atom stereocenters. The SMILES string of the molecule is Cc1ccc(-c2ncc(C(=O)O)s2)c(Br)c1. The van der Waals surface area contributed by atoms with Crippen LogP contribution < -0.4 is 0 Å². The predicted octanol–water partition coefficient (Wildman–Crippen LogP) is 3.58. The fourth-order valence-corrected chi connectivity index (χ4v) is 2.90. The van der Waals surface area contributed by atoms with Gasteiger partial charge in [-0.15, -0.1) is 11.3 Å². The van der Waals surface area contributed by atoms with Crippen molar-refractivity contribution in [3.05, 3.63) is 39.3 Å². The number of carboxylic acid groups (broad SMARTS) is 1. The third-order valence-electron chi connectivity index (χ3n) is 2.07. The van der Waals surface area contributed by atoms with E-state index >= 15 is 0 Å². The lowest BCUT2D eigenvalue weighted by atomic mass is 10.2. The molecule has 0 aliphatic carbocycles. The molecule has 3 nitrogen and oxygen atoms in total. The van der Waals surface area contributed by atoms with Gasteiger partial charge in [0.25, 0.3) is 0 Å². The van der Waals surface area contributed by atoms with Crippen LogP contribution in [0.5, 0.6) is 0 Å². The van der Waals surface area contributed by atoms with Crippen molar-refractivity contribution in [2.75, 3.05) is 0 Å². The zero-order valence-electron chi connectivity index (χ0n) is 8.40. The maximum atomic E-state index is 10.7. The average molecular weight is 298 g/mol. The number of rotatable bonds is 2. The number of aromatic carboxylic acids is 1. The van der Waals surface area contributed by atoms with E-state index in [-0.39, 0.29) is 4.88 Å². The zero-order chi connectivity index (χ0) is 11.7. The Kier molecular flexibility index (Phi) is 3.07. The molecule has 0 radical (unpaired) electrons. The normalized spacial score (nSPS) is 10.4. The minimum Gasteiger partial charge on any atom is -0.477 e. The van der Waals surface area contributed by atoms with Crippen molar-refractivity contribution in [3.8, 4) is 10.6 Å². The molecule has 0 spiro atoms. The minimum atomic E-state index is -0.938. The van der Waals surface area contributed by atoms with Crippen LogP contribution in [0.1, 0.15) is 15.2 Å². The molecule has 1 N–H and O–H groups in total. The lowest BCUT2D eigenvalue weighted by molar-refractivity contribution is 0.0702. The summed E-state index contributed by atoms with van der Waals surface area (Å²) in [5, 5.41) is 9.53. The second-order valence-electron chi connectivity index (χ2n) is 3.32. The number of hydrogen-bond donors (Lipinski definition) is 1. The van der Waals surface area contributed by atoms with E-state index < -0.39 is 5.97 Å².